The van der Waals surface area contributed by atoms with Crippen molar-refractivity contribution in [2.24, 2.45) is 5.92 Å². The first-order valence-corrected chi connectivity index (χ1v) is 11.0. The first-order valence-electron chi connectivity index (χ1n) is 11.0. The molecule has 0 aromatic heterocycles. The largest absolute Gasteiger partial charge is 0.573 e. The smallest absolute Gasteiger partial charge is 0.399 e. The van der Waals surface area contributed by atoms with Crippen molar-refractivity contribution in [2.75, 3.05) is 6.61 Å². The third-order valence-corrected chi connectivity index (χ3v) is 5.90. The highest BCUT2D eigenvalue weighted by Gasteiger charge is 2.35. The lowest BCUT2D eigenvalue weighted by molar-refractivity contribution is -0.276. The van der Waals surface area contributed by atoms with Crippen molar-refractivity contribution in [3.63, 3.8) is 0 Å². The zero-order valence-corrected chi connectivity index (χ0v) is 18.5. The van der Waals surface area contributed by atoms with E-state index in [1.54, 1.807) is 12.1 Å². The number of alkyl halides is 5. The summed E-state index contributed by atoms with van der Waals surface area (Å²) in [6.07, 6.45) is -0.919. The van der Waals surface area contributed by atoms with E-state index in [0.29, 0.717) is 24.0 Å². The van der Waals surface area contributed by atoms with Gasteiger partial charge < -0.3 is 9.47 Å². The average molecular weight is 490 g/mol. The zero-order chi connectivity index (χ0) is 24.9. The number of ether oxygens (including phenoxy) is 2. The number of hydrogen-bond acceptors (Lipinski definition) is 2. The Bertz CT molecular complexity index is 953. The van der Waals surface area contributed by atoms with Crippen LogP contribution in [0.5, 0.6) is 5.75 Å². The van der Waals surface area contributed by atoms with E-state index in [0.717, 1.165) is 31.2 Å². The molecular weight excluding hydrogens is 465 g/mol. The van der Waals surface area contributed by atoms with Crippen LogP contribution in [0.4, 0.5) is 30.7 Å². The van der Waals surface area contributed by atoms with Crippen LogP contribution in [0.15, 0.2) is 48.6 Å². The van der Waals surface area contributed by atoms with E-state index >= 15 is 0 Å². The quantitative estimate of drug-likeness (QED) is 0.276. The second kappa shape index (κ2) is 10.8. The average Bonchev–Trinajstić information content (AvgIpc) is 2.76. The van der Waals surface area contributed by atoms with Crippen LogP contribution in [0.2, 0.25) is 0 Å². The van der Waals surface area contributed by atoms with Crippen molar-refractivity contribution in [2.45, 2.75) is 57.4 Å². The van der Waals surface area contributed by atoms with Gasteiger partial charge in [-0.3, -0.25) is 0 Å². The van der Waals surface area contributed by atoms with E-state index in [1.807, 2.05) is 13.0 Å². The van der Waals surface area contributed by atoms with Crippen molar-refractivity contribution < 1.29 is 40.2 Å². The summed E-state index contributed by atoms with van der Waals surface area (Å²) in [5.41, 5.74) is 0.486. The lowest BCUT2D eigenvalue weighted by atomic mass is 9.78. The van der Waals surface area contributed by atoms with Crippen LogP contribution in [0.3, 0.4) is 0 Å². The normalized spacial score (nSPS) is 19.5. The van der Waals surface area contributed by atoms with E-state index in [9.17, 15) is 30.7 Å². The van der Waals surface area contributed by atoms with Gasteiger partial charge in [0, 0.05) is 0 Å². The molecule has 186 valence electrons. The Morgan fingerprint density at radius 2 is 1.50 bits per heavy atom. The number of benzene rings is 2. The zero-order valence-electron chi connectivity index (χ0n) is 18.5. The SMILES string of the molecule is C/C=C/[C@H]1CC[C@H](c2ccc(C(F)(F)OCCc3cc(F)c(OC(F)(F)F)c(F)c3)cc2)CC1. The van der Waals surface area contributed by atoms with Gasteiger partial charge in [-0.25, -0.2) is 8.78 Å². The van der Waals surface area contributed by atoms with Gasteiger partial charge >= 0.3 is 12.5 Å². The second-order valence-corrected chi connectivity index (χ2v) is 8.31. The molecule has 1 aliphatic rings. The molecule has 2 aromatic rings. The van der Waals surface area contributed by atoms with E-state index in [1.165, 1.54) is 12.1 Å². The molecule has 0 N–H and O–H groups in total. The summed E-state index contributed by atoms with van der Waals surface area (Å²) in [4.78, 5) is 0. The van der Waals surface area contributed by atoms with Gasteiger partial charge in [0.2, 0.25) is 5.75 Å². The van der Waals surface area contributed by atoms with Crippen LogP contribution >= 0.6 is 0 Å². The molecule has 9 heteroatoms. The fraction of sp³-hybridized carbons (Fsp3) is 0.440. The lowest BCUT2D eigenvalue weighted by Crippen LogP contribution is -2.20. The molecule has 0 unspecified atom stereocenters. The summed E-state index contributed by atoms with van der Waals surface area (Å²) in [5.74, 6) is -3.89. The third-order valence-electron chi connectivity index (χ3n) is 5.90. The Balaban J connectivity index is 1.56. The lowest BCUT2D eigenvalue weighted by Gasteiger charge is -2.27. The van der Waals surface area contributed by atoms with E-state index in [2.05, 4.69) is 15.5 Å². The van der Waals surface area contributed by atoms with Gasteiger partial charge in [-0.1, -0.05) is 36.4 Å². The van der Waals surface area contributed by atoms with E-state index < -0.39 is 36.5 Å². The van der Waals surface area contributed by atoms with Crippen molar-refractivity contribution in [1.82, 2.24) is 0 Å². The third kappa shape index (κ3) is 6.98. The summed E-state index contributed by atoms with van der Waals surface area (Å²) < 4.78 is 101. The van der Waals surface area contributed by atoms with E-state index in [-0.39, 0.29) is 17.5 Å². The Morgan fingerprint density at radius 1 is 0.912 bits per heavy atom. The molecule has 3 rings (SSSR count). The van der Waals surface area contributed by atoms with Crippen LogP contribution < -0.4 is 4.74 Å². The van der Waals surface area contributed by atoms with Gasteiger partial charge in [-0.05, 0) is 74.1 Å². The number of rotatable bonds is 8. The predicted molar refractivity (Wildman–Crippen MR) is 113 cm³/mol. The molecule has 0 radical (unpaired) electrons. The maximum atomic E-state index is 14.5. The summed E-state index contributed by atoms with van der Waals surface area (Å²) >= 11 is 0. The summed E-state index contributed by atoms with van der Waals surface area (Å²) in [7, 11) is 0. The Hall–Kier alpha value is -2.55. The molecule has 1 saturated carbocycles. The van der Waals surface area contributed by atoms with Crippen LogP contribution in [0.1, 0.15) is 55.2 Å². The molecular formula is C25H25F7O2. The van der Waals surface area contributed by atoms with Gasteiger partial charge in [-0.15, -0.1) is 13.2 Å². The molecule has 0 amide bonds. The molecule has 0 heterocycles. The first kappa shape index (κ1) is 26.1. The fourth-order valence-corrected chi connectivity index (χ4v) is 4.22. The molecule has 0 bridgehead atoms. The molecule has 1 fully saturated rings. The Kier molecular flexibility index (Phi) is 8.28. The standard InChI is InChI=1S/C25H25F7O2/c1-2-3-16-4-6-18(7-5-16)19-8-10-20(11-9-19)24(28,29)33-13-12-17-14-21(26)23(22(27)15-17)34-25(30,31)32/h2-3,8-11,14-16,18H,4-7,12-13H2,1H3/b3-2+/t16-,18-. The number of hydrogen-bond donors (Lipinski definition) is 0. The van der Waals surface area contributed by atoms with Crippen molar-refractivity contribution in [1.29, 1.82) is 0 Å². The Labute approximate surface area is 193 Å². The molecule has 34 heavy (non-hydrogen) atoms. The van der Waals surface area contributed by atoms with Crippen LogP contribution in [0.25, 0.3) is 0 Å². The topological polar surface area (TPSA) is 18.5 Å². The van der Waals surface area contributed by atoms with Gasteiger partial charge in [0.25, 0.3) is 0 Å². The number of allylic oxidation sites excluding steroid dienone is 2. The molecule has 2 aromatic carbocycles. The van der Waals surface area contributed by atoms with Gasteiger partial charge in [0.1, 0.15) is 0 Å². The monoisotopic (exact) mass is 490 g/mol. The predicted octanol–water partition coefficient (Wildman–Crippen LogP) is 8.02. The highest BCUT2D eigenvalue weighted by atomic mass is 19.4. The van der Waals surface area contributed by atoms with Crippen molar-refractivity contribution in [3.05, 3.63) is 76.9 Å². The second-order valence-electron chi connectivity index (χ2n) is 8.31. The van der Waals surface area contributed by atoms with Crippen LogP contribution in [-0.4, -0.2) is 13.0 Å². The number of halogens is 7. The fourth-order valence-electron chi connectivity index (χ4n) is 4.22. The first-order chi connectivity index (χ1) is 16.0. The molecule has 0 spiro atoms. The minimum Gasteiger partial charge on any atom is -0.399 e. The van der Waals surface area contributed by atoms with Gasteiger partial charge in [0.05, 0.1) is 12.2 Å². The summed E-state index contributed by atoms with van der Waals surface area (Å²) in [6.45, 7) is 1.38. The van der Waals surface area contributed by atoms with Crippen molar-refractivity contribution >= 4 is 0 Å². The summed E-state index contributed by atoms with van der Waals surface area (Å²) in [6, 6.07) is 7.11. The van der Waals surface area contributed by atoms with Crippen LogP contribution in [0, 0.1) is 17.6 Å². The Morgan fingerprint density at radius 3 is 2.03 bits per heavy atom. The molecule has 0 atom stereocenters. The molecule has 1 aliphatic carbocycles. The molecule has 2 nitrogen and oxygen atoms in total. The van der Waals surface area contributed by atoms with Gasteiger partial charge in [-0.2, -0.15) is 8.78 Å². The minimum absolute atomic E-state index is 0.149. The van der Waals surface area contributed by atoms with Crippen molar-refractivity contribution in [3.8, 4) is 5.75 Å². The molecule has 0 aliphatic heterocycles. The van der Waals surface area contributed by atoms with E-state index in [4.69, 9.17) is 0 Å². The maximum absolute atomic E-state index is 14.5. The highest BCUT2D eigenvalue weighted by molar-refractivity contribution is 5.32. The molecule has 0 saturated heterocycles. The van der Waals surface area contributed by atoms with Gasteiger partial charge in [0.15, 0.2) is 11.6 Å². The highest BCUT2D eigenvalue weighted by Crippen LogP contribution is 2.38. The van der Waals surface area contributed by atoms with Crippen LogP contribution in [-0.2, 0) is 17.3 Å². The summed E-state index contributed by atoms with van der Waals surface area (Å²) in [5, 5.41) is 0. The maximum Gasteiger partial charge on any atom is 0.573 e. The minimum atomic E-state index is -5.27.